The van der Waals surface area contributed by atoms with Crippen LogP contribution in [0.2, 0.25) is 0 Å². The average molecular weight is 333 g/mol. The van der Waals surface area contributed by atoms with Gasteiger partial charge in [-0.05, 0) is 45.1 Å². The number of rotatable bonds is 5. The van der Waals surface area contributed by atoms with Gasteiger partial charge in [0, 0.05) is 18.2 Å². The van der Waals surface area contributed by atoms with Crippen LogP contribution in [0.4, 0.5) is 0 Å². The lowest BCUT2D eigenvalue weighted by atomic mass is 10.0. The molecule has 0 fully saturated rings. The summed E-state index contributed by atoms with van der Waals surface area (Å²) < 4.78 is 26.8. The van der Waals surface area contributed by atoms with Crippen LogP contribution in [0, 0.1) is 6.92 Å². The summed E-state index contributed by atoms with van der Waals surface area (Å²) in [5, 5.41) is 0. The van der Waals surface area contributed by atoms with Gasteiger partial charge in [0.1, 0.15) is 5.78 Å². The number of sulfonamides is 1. The molecule has 0 saturated carbocycles. The number of allylic oxidation sites excluding steroid dienone is 2. The first-order valence-corrected chi connectivity index (χ1v) is 8.66. The summed E-state index contributed by atoms with van der Waals surface area (Å²) in [6.45, 7) is 4.68. The largest absolute Gasteiger partial charge is 0.300 e. The van der Waals surface area contributed by atoms with Crippen molar-refractivity contribution in [2.75, 3.05) is 0 Å². The van der Waals surface area contributed by atoms with Crippen LogP contribution in [-0.4, -0.2) is 30.3 Å². The Labute approximate surface area is 136 Å². The molecule has 1 aromatic rings. The van der Waals surface area contributed by atoms with E-state index in [4.69, 9.17) is 0 Å². The number of carbonyl (C=O) groups excluding carboxylic acids is 2. The van der Waals surface area contributed by atoms with Crippen LogP contribution in [0.1, 0.15) is 25.8 Å². The highest BCUT2D eigenvalue weighted by Gasteiger charge is 2.31. The number of hydrogen-bond acceptors (Lipinski definition) is 4. The molecule has 1 aliphatic rings. The zero-order valence-electron chi connectivity index (χ0n) is 13.3. The molecule has 5 nitrogen and oxygen atoms in total. The lowest BCUT2D eigenvalue weighted by Gasteiger charge is -2.30. The summed E-state index contributed by atoms with van der Waals surface area (Å²) in [7, 11) is -3.78. The summed E-state index contributed by atoms with van der Waals surface area (Å²) in [6, 6.07) is 5.82. The summed E-state index contributed by atoms with van der Waals surface area (Å²) in [6.07, 6.45) is 4.38. The van der Waals surface area contributed by atoms with Gasteiger partial charge in [0.05, 0.1) is 10.9 Å². The van der Waals surface area contributed by atoms with Crippen LogP contribution in [0.3, 0.4) is 0 Å². The number of hydrogen-bond donors (Lipinski definition) is 0. The lowest BCUT2D eigenvalue weighted by Crippen LogP contribution is -2.38. The van der Waals surface area contributed by atoms with Crippen molar-refractivity contribution in [2.45, 2.75) is 38.1 Å². The third-order valence-electron chi connectivity index (χ3n) is 3.60. The Morgan fingerprint density at radius 2 is 1.74 bits per heavy atom. The van der Waals surface area contributed by atoms with Gasteiger partial charge in [0.25, 0.3) is 10.0 Å². The van der Waals surface area contributed by atoms with Gasteiger partial charge >= 0.3 is 0 Å². The maximum Gasteiger partial charge on any atom is 0.264 e. The second kappa shape index (κ2) is 6.50. The molecular formula is C17H19NO4S. The molecule has 0 aliphatic carbocycles. The third-order valence-corrected chi connectivity index (χ3v) is 5.41. The zero-order chi connectivity index (χ0) is 17.2. The molecule has 0 N–H and O–H groups in total. The van der Waals surface area contributed by atoms with Crippen molar-refractivity contribution in [3.63, 3.8) is 0 Å². The lowest BCUT2D eigenvalue weighted by molar-refractivity contribution is -0.117. The average Bonchev–Trinajstić information content (AvgIpc) is 2.46. The Bertz CT molecular complexity index is 788. The van der Waals surface area contributed by atoms with E-state index in [0.29, 0.717) is 5.57 Å². The van der Waals surface area contributed by atoms with Gasteiger partial charge in [0.2, 0.25) is 0 Å². The molecule has 23 heavy (non-hydrogen) atoms. The van der Waals surface area contributed by atoms with E-state index in [-0.39, 0.29) is 22.9 Å². The van der Waals surface area contributed by atoms with Gasteiger partial charge in [-0.15, -0.1) is 0 Å². The second-order valence-corrected chi connectivity index (χ2v) is 7.46. The van der Waals surface area contributed by atoms with Gasteiger partial charge in [0.15, 0.2) is 5.78 Å². The predicted octanol–water partition coefficient (Wildman–Crippen LogP) is 2.38. The maximum absolute atomic E-state index is 12.8. The number of ketones is 2. The van der Waals surface area contributed by atoms with E-state index in [9.17, 15) is 18.0 Å². The molecule has 122 valence electrons. The smallest absolute Gasteiger partial charge is 0.264 e. The van der Waals surface area contributed by atoms with Crippen LogP contribution >= 0.6 is 0 Å². The number of nitrogens with zero attached hydrogens (tertiary/aromatic N) is 1. The van der Waals surface area contributed by atoms with Crippen molar-refractivity contribution in [1.82, 2.24) is 4.31 Å². The maximum atomic E-state index is 12.8. The fourth-order valence-electron chi connectivity index (χ4n) is 2.37. The van der Waals surface area contributed by atoms with E-state index in [1.165, 1.54) is 44.3 Å². The van der Waals surface area contributed by atoms with E-state index in [1.807, 2.05) is 6.92 Å². The minimum absolute atomic E-state index is 0.0201. The first kappa shape index (κ1) is 17.1. The standard InChI is InChI=1S/C17H19NO4S/c1-12-4-6-17(7-5-12)23(21,22)18-9-8-15(14(3)20)11-16(18)10-13(2)19/h4-9,11,16H,10H2,1-3H3. The molecule has 1 aliphatic heterocycles. The molecule has 0 bridgehead atoms. The van der Waals surface area contributed by atoms with Crippen LogP contribution in [0.25, 0.3) is 0 Å². The molecule has 0 aromatic heterocycles. The Hall–Kier alpha value is -2.21. The highest BCUT2D eigenvalue weighted by molar-refractivity contribution is 7.89. The fraction of sp³-hybridized carbons (Fsp3) is 0.294. The fourth-order valence-corrected chi connectivity index (χ4v) is 3.81. The quantitative estimate of drug-likeness (QED) is 0.829. The predicted molar refractivity (Wildman–Crippen MR) is 87.2 cm³/mol. The van der Waals surface area contributed by atoms with Crippen LogP contribution < -0.4 is 0 Å². The van der Waals surface area contributed by atoms with Crippen molar-refractivity contribution in [2.24, 2.45) is 0 Å². The Morgan fingerprint density at radius 3 is 2.26 bits per heavy atom. The molecule has 2 rings (SSSR count). The van der Waals surface area contributed by atoms with E-state index < -0.39 is 16.1 Å². The summed E-state index contributed by atoms with van der Waals surface area (Å²) >= 11 is 0. The number of benzene rings is 1. The molecule has 1 unspecified atom stereocenters. The van der Waals surface area contributed by atoms with E-state index in [1.54, 1.807) is 12.1 Å². The minimum Gasteiger partial charge on any atom is -0.300 e. The number of carbonyl (C=O) groups is 2. The van der Waals surface area contributed by atoms with Crippen molar-refractivity contribution < 1.29 is 18.0 Å². The normalized spacial score (nSPS) is 17.8. The van der Waals surface area contributed by atoms with Crippen molar-refractivity contribution in [1.29, 1.82) is 0 Å². The molecule has 1 heterocycles. The summed E-state index contributed by atoms with van der Waals surface area (Å²) in [4.78, 5) is 23.2. The van der Waals surface area contributed by atoms with Crippen LogP contribution in [0.5, 0.6) is 0 Å². The van der Waals surface area contributed by atoms with Gasteiger partial charge < -0.3 is 0 Å². The molecule has 0 saturated heterocycles. The first-order chi connectivity index (χ1) is 10.7. The van der Waals surface area contributed by atoms with Crippen molar-refractivity contribution in [3.8, 4) is 0 Å². The zero-order valence-corrected chi connectivity index (χ0v) is 14.1. The monoisotopic (exact) mass is 333 g/mol. The SMILES string of the molecule is CC(=O)CC1C=C(C(C)=O)C=CN1S(=O)(=O)c1ccc(C)cc1. The van der Waals surface area contributed by atoms with Crippen LogP contribution in [-0.2, 0) is 19.6 Å². The Balaban J connectivity index is 2.43. The van der Waals surface area contributed by atoms with Gasteiger partial charge in [-0.1, -0.05) is 17.7 Å². The molecule has 6 heteroatoms. The molecule has 0 radical (unpaired) electrons. The first-order valence-electron chi connectivity index (χ1n) is 7.22. The van der Waals surface area contributed by atoms with E-state index in [2.05, 4.69) is 0 Å². The van der Waals surface area contributed by atoms with E-state index >= 15 is 0 Å². The molecule has 0 amide bonds. The van der Waals surface area contributed by atoms with Gasteiger partial charge in [-0.25, -0.2) is 8.42 Å². The topological polar surface area (TPSA) is 71.5 Å². The Morgan fingerprint density at radius 1 is 1.13 bits per heavy atom. The molecule has 1 atom stereocenters. The summed E-state index contributed by atoms with van der Waals surface area (Å²) in [5.41, 5.74) is 1.36. The third kappa shape index (κ3) is 3.76. The Kier molecular flexibility index (Phi) is 4.85. The molecule has 0 spiro atoms. The minimum atomic E-state index is -3.78. The van der Waals surface area contributed by atoms with Gasteiger partial charge in [-0.2, -0.15) is 0 Å². The summed E-state index contributed by atoms with van der Waals surface area (Å²) in [5.74, 6) is -0.309. The highest BCUT2D eigenvalue weighted by Crippen LogP contribution is 2.26. The molecule has 1 aromatic carbocycles. The second-order valence-electron chi connectivity index (χ2n) is 5.62. The highest BCUT2D eigenvalue weighted by atomic mass is 32.2. The van der Waals surface area contributed by atoms with E-state index in [0.717, 1.165) is 9.87 Å². The van der Waals surface area contributed by atoms with Crippen molar-refractivity contribution >= 4 is 21.6 Å². The number of aryl methyl sites for hydroxylation is 1. The van der Waals surface area contributed by atoms with Gasteiger partial charge in [-0.3, -0.25) is 13.9 Å². The van der Waals surface area contributed by atoms with Crippen LogP contribution in [0.15, 0.2) is 53.1 Å². The molecular weight excluding hydrogens is 314 g/mol. The number of Topliss-reactive ketones (excluding diaryl/α,β-unsaturated/α-hetero) is 2. The van der Waals surface area contributed by atoms with Crippen molar-refractivity contribution in [3.05, 3.63) is 53.8 Å².